The molecule has 1 aromatic carbocycles. The van der Waals surface area contributed by atoms with E-state index in [1.807, 2.05) is 6.92 Å². The van der Waals surface area contributed by atoms with E-state index in [1.165, 1.54) is 23.1 Å². The predicted octanol–water partition coefficient (Wildman–Crippen LogP) is 2.86. The third kappa shape index (κ3) is 6.02. The number of hydrogen-bond donors (Lipinski definition) is 2. The van der Waals surface area contributed by atoms with Crippen LogP contribution in [0.1, 0.15) is 17.3 Å². The van der Waals surface area contributed by atoms with Gasteiger partial charge in [0, 0.05) is 10.6 Å². The van der Waals surface area contributed by atoms with Gasteiger partial charge in [0.2, 0.25) is 5.91 Å². The normalized spacial score (nSPS) is 10.3. The summed E-state index contributed by atoms with van der Waals surface area (Å²) < 4.78 is 1.60. The standard InChI is InChI=1S/C13H13ClN4O2S3/c1-2-21-12-17-18-13(23-12)22-7-10(19)15-16-11(20)8-3-5-9(14)6-4-8/h3-6H,2,7H2,1H3,(H,15,19)(H,16,20). The van der Waals surface area contributed by atoms with E-state index in [2.05, 4.69) is 21.0 Å². The van der Waals surface area contributed by atoms with E-state index in [4.69, 9.17) is 11.6 Å². The zero-order valence-electron chi connectivity index (χ0n) is 12.0. The number of aromatic nitrogens is 2. The number of nitrogens with zero attached hydrogens (tertiary/aromatic N) is 2. The van der Waals surface area contributed by atoms with Gasteiger partial charge in [0.15, 0.2) is 8.68 Å². The maximum absolute atomic E-state index is 11.8. The fraction of sp³-hybridized carbons (Fsp3) is 0.231. The van der Waals surface area contributed by atoms with E-state index in [0.29, 0.717) is 10.6 Å². The maximum Gasteiger partial charge on any atom is 0.269 e. The van der Waals surface area contributed by atoms with Crippen LogP contribution >= 0.6 is 46.5 Å². The molecule has 6 nitrogen and oxygen atoms in total. The van der Waals surface area contributed by atoms with Gasteiger partial charge in [-0.1, -0.05) is 53.4 Å². The lowest BCUT2D eigenvalue weighted by Gasteiger charge is -2.06. The minimum absolute atomic E-state index is 0.145. The zero-order chi connectivity index (χ0) is 16.7. The van der Waals surface area contributed by atoms with E-state index < -0.39 is 5.91 Å². The first-order chi connectivity index (χ1) is 11.1. The lowest BCUT2D eigenvalue weighted by Crippen LogP contribution is -2.42. The van der Waals surface area contributed by atoms with Gasteiger partial charge < -0.3 is 0 Å². The quantitative estimate of drug-likeness (QED) is 0.584. The molecule has 2 N–H and O–H groups in total. The van der Waals surface area contributed by atoms with Gasteiger partial charge in [-0.2, -0.15) is 0 Å². The summed E-state index contributed by atoms with van der Waals surface area (Å²) in [5, 5.41) is 8.53. The van der Waals surface area contributed by atoms with Crippen LogP contribution in [0.15, 0.2) is 32.9 Å². The average molecular weight is 389 g/mol. The van der Waals surface area contributed by atoms with Gasteiger partial charge in [-0.3, -0.25) is 20.4 Å². The number of benzene rings is 1. The molecule has 0 aliphatic heterocycles. The molecule has 0 unspecified atom stereocenters. The number of hydrogen-bond acceptors (Lipinski definition) is 7. The van der Waals surface area contributed by atoms with Crippen LogP contribution in [0.25, 0.3) is 0 Å². The zero-order valence-corrected chi connectivity index (χ0v) is 15.2. The first-order valence-electron chi connectivity index (χ1n) is 6.52. The van der Waals surface area contributed by atoms with Crippen molar-refractivity contribution in [2.75, 3.05) is 11.5 Å². The molecule has 0 aliphatic carbocycles. The molecule has 0 spiro atoms. The Balaban J connectivity index is 1.74. The Kier molecular flexibility index (Phi) is 7.15. The molecule has 2 rings (SSSR count). The number of carbonyl (C=O) groups excluding carboxylic acids is 2. The van der Waals surface area contributed by atoms with Gasteiger partial charge in [-0.05, 0) is 30.0 Å². The Morgan fingerprint density at radius 1 is 1.13 bits per heavy atom. The average Bonchev–Trinajstić information content (AvgIpc) is 2.99. The summed E-state index contributed by atoms with van der Waals surface area (Å²) in [6, 6.07) is 6.37. The number of rotatable bonds is 6. The van der Waals surface area contributed by atoms with Gasteiger partial charge in [-0.25, -0.2) is 0 Å². The molecule has 122 valence electrons. The van der Waals surface area contributed by atoms with Crippen molar-refractivity contribution in [1.29, 1.82) is 0 Å². The molecule has 0 bridgehead atoms. The van der Waals surface area contributed by atoms with Crippen LogP contribution in [0.5, 0.6) is 0 Å². The van der Waals surface area contributed by atoms with Gasteiger partial charge in [0.1, 0.15) is 0 Å². The van der Waals surface area contributed by atoms with Gasteiger partial charge in [-0.15, -0.1) is 10.2 Å². The highest BCUT2D eigenvalue weighted by molar-refractivity contribution is 8.03. The molecule has 0 fully saturated rings. The van der Waals surface area contributed by atoms with Gasteiger partial charge in [0.05, 0.1) is 5.75 Å². The minimum atomic E-state index is -0.405. The number of nitrogens with one attached hydrogen (secondary N) is 2. The Hall–Kier alpha value is -1.29. The third-order valence-corrected chi connectivity index (χ3v) is 5.73. The Bertz CT molecular complexity index is 678. The van der Waals surface area contributed by atoms with Crippen molar-refractivity contribution >= 4 is 58.3 Å². The molecule has 0 radical (unpaired) electrons. The van der Waals surface area contributed by atoms with Crippen LogP contribution in [-0.2, 0) is 4.79 Å². The van der Waals surface area contributed by atoms with Crippen LogP contribution in [0, 0.1) is 0 Å². The molecule has 1 aromatic heterocycles. The van der Waals surface area contributed by atoms with Crippen LogP contribution < -0.4 is 10.9 Å². The van der Waals surface area contributed by atoms with Crippen molar-refractivity contribution < 1.29 is 9.59 Å². The summed E-state index contributed by atoms with van der Waals surface area (Å²) >= 11 is 10.1. The number of thioether (sulfide) groups is 2. The highest BCUT2D eigenvalue weighted by atomic mass is 35.5. The smallest absolute Gasteiger partial charge is 0.269 e. The van der Waals surface area contributed by atoms with Crippen molar-refractivity contribution in [3.8, 4) is 0 Å². The fourth-order valence-electron chi connectivity index (χ4n) is 1.40. The van der Waals surface area contributed by atoms with Crippen LogP contribution in [0.3, 0.4) is 0 Å². The van der Waals surface area contributed by atoms with E-state index in [0.717, 1.165) is 14.4 Å². The van der Waals surface area contributed by atoms with E-state index in [1.54, 1.807) is 36.0 Å². The number of halogens is 1. The Morgan fingerprint density at radius 2 is 1.78 bits per heavy atom. The van der Waals surface area contributed by atoms with Gasteiger partial charge in [0.25, 0.3) is 5.91 Å². The summed E-state index contributed by atoms with van der Waals surface area (Å²) in [5.74, 6) is 0.345. The third-order valence-electron chi connectivity index (χ3n) is 2.40. The highest BCUT2D eigenvalue weighted by Crippen LogP contribution is 2.28. The number of amides is 2. The number of carbonyl (C=O) groups is 2. The first-order valence-corrected chi connectivity index (χ1v) is 9.69. The Morgan fingerprint density at radius 3 is 2.43 bits per heavy atom. The summed E-state index contributed by atoms with van der Waals surface area (Å²) in [4.78, 5) is 23.5. The summed E-state index contributed by atoms with van der Waals surface area (Å²) in [6.45, 7) is 2.04. The topological polar surface area (TPSA) is 84.0 Å². The van der Waals surface area contributed by atoms with Crippen molar-refractivity contribution in [2.24, 2.45) is 0 Å². The lowest BCUT2D eigenvalue weighted by molar-refractivity contribution is -0.119. The van der Waals surface area contributed by atoms with Crippen molar-refractivity contribution in [2.45, 2.75) is 15.6 Å². The lowest BCUT2D eigenvalue weighted by atomic mass is 10.2. The van der Waals surface area contributed by atoms with E-state index in [-0.39, 0.29) is 11.7 Å². The molecule has 2 aromatic rings. The predicted molar refractivity (Wildman–Crippen MR) is 94.1 cm³/mol. The molecular formula is C13H13ClN4O2S3. The van der Waals surface area contributed by atoms with Crippen LogP contribution in [-0.4, -0.2) is 33.5 Å². The molecule has 0 aliphatic rings. The van der Waals surface area contributed by atoms with E-state index in [9.17, 15) is 9.59 Å². The molecule has 1 heterocycles. The van der Waals surface area contributed by atoms with Crippen LogP contribution in [0.4, 0.5) is 0 Å². The van der Waals surface area contributed by atoms with Gasteiger partial charge >= 0.3 is 0 Å². The molecule has 0 saturated carbocycles. The monoisotopic (exact) mass is 388 g/mol. The summed E-state index contributed by atoms with van der Waals surface area (Å²) in [5.41, 5.74) is 5.11. The van der Waals surface area contributed by atoms with Crippen molar-refractivity contribution in [1.82, 2.24) is 21.0 Å². The molecule has 0 saturated heterocycles. The molecule has 0 atom stereocenters. The van der Waals surface area contributed by atoms with Crippen molar-refractivity contribution in [3.05, 3.63) is 34.9 Å². The maximum atomic E-state index is 11.8. The highest BCUT2D eigenvalue weighted by Gasteiger charge is 2.10. The largest absolute Gasteiger partial charge is 0.272 e. The summed E-state index contributed by atoms with van der Waals surface area (Å²) in [7, 11) is 0. The molecular weight excluding hydrogens is 376 g/mol. The molecule has 2 amide bonds. The first kappa shape index (κ1) is 18.1. The fourth-order valence-corrected chi connectivity index (χ4v) is 4.24. The van der Waals surface area contributed by atoms with Crippen molar-refractivity contribution in [3.63, 3.8) is 0 Å². The minimum Gasteiger partial charge on any atom is -0.272 e. The SMILES string of the molecule is CCSc1nnc(SCC(=O)NNC(=O)c2ccc(Cl)cc2)s1. The van der Waals surface area contributed by atoms with E-state index >= 15 is 0 Å². The Labute approximate surface area is 150 Å². The molecule has 10 heteroatoms. The second kappa shape index (κ2) is 9.11. The number of hydrazine groups is 1. The summed E-state index contributed by atoms with van der Waals surface area (Å²) in [6.07, 6.45) is 0. The molecule has 23 heavy (non-hydrogen) atoms. The second-order valence-corrected chi connectivity index (χ2v) is 8.21. The van der Waals surface area contributed by atoms with Crippen LogP contribution in [0.2, 0.25) is 5.02 Å². The second-order valence-electron chi connectivity index (χ2n) is 4.06.